The van der Waals surface area contributed by atoms with Gasteiger partial charge in [0.2, 0.25) is 0 Å². The van der Waals surface area contributed by atoms with E-state index in [4.69, 9.17) is 0 Å². The zero-order chi connectivity index (χ0) is 12.7. The second-order valence-corrected chi connectivity index (χ2v) is 7.60. The highest BCUT2D eigenvalue weighted by Gasteiger charge is 2.47. The molecule has 0 spiro atoms. The van der Waals surface area contributed by atoms with Crippen LogP contribution in [0.5, 0.6) is 0 Å². The molecule has 1 fully saturated rings. The fraction of sp³-hybridized carbons (Fsp3) is 0.600. The lowest BCUT2D eigenvalue weighted by atomic mass is 9.84. The van der Waals surface area contributed by atoms with Gasteiger partial charge in [-0.1, -0.05) is 32.9 Å². The van der Waals surface area contributed by atoms with E-state index < -0.39 is 5.60 Å². The van der Waals surface area contributed by atoms with Gasteiger partial charge in [0.25, 0.3) is 0 Å². The first-order chi connectivity index (χ1) is 7.81. The summed E-state index contributed by atoms with van der Waals surface area (Å²) >= 11 is 2.31. The van der Waals surface area contributed by atoms with Crippen molar-refractivity contribution in [2.24, 2.45) is 11.3 Å². The van der Waals surface area contributed by atoms with E-state index in [-0.39, 0.29) is 5.41 Å². The lowest BCUT2D eigenvalue weighted by Gasteiger charge is -2.28. The van der Waals surface area contributed by atoms with Crippen molar-refractivity contribution in [2.75, 3.05) is 0 Å². The van der Waals surface area contributed by atoms with E-state index in [1.807, 2.05) is 0 Å². The van der Waals surface area contributed by atoms with Gasteiger partial charge in [0, 0.05) is 9.99 Å². The van der Waals surface area contributed by atoms with Gasteiger partial charge in [-0.25, -0.2) is 0 Å². The predicted molar refractivity (Wildman–Crippen MR) is 80.0 cm³/mol. The molecule has 1 nitrogen and oxygen atoms in total. The summed E-state index contributed by atoms with van der Waals surface area (Å²) in [6.07, 6.45) is 2.82. The number of benzene rings is 1. The van der Waals surface area contributed by atoms with Crippen LogP contribution in [0.2, 0.25) is 0 Å². The maximum atomic E-state index is 10.8. The van der Waals surface area contributed by atoms with Crippen molar-refractivity contribution in [3.05, 3.63) is 33.4 Å². The summed E-state index contributed by atoms with van der Waals surface area (Å²) in [4.78, 5) is 0. The molecule has 1 aliphatic rings. The van der Waals surface area contributed by atoms with Gasteiger partial charge in [0.15, 0.2) is 0 Å². The highest BCUT2D eigenvalue weighted by molar-refractivity contribution is 14.1. The normalized spacial score (nSPS) is 31.7. The van der Waals surface area contributed by atoms with Crippen LogP contribution >= 0.6 is 22.6 Å². The Kier molecular flexibility index (Phi) is 3.56. The Morgan fingerprint density at radius 2 is 1.88 bits per heavy atom. The summed E-state index contributed by atoms with van der Waals surface area (Å²) < 4.78 is 1.25. The summed E-state index contributed by atoms with van der Waals surface area (Å²) in [7, 11) is 0. The third-order valence-electron chi connectivity index (χ3n) is 3.98. The van der Waals surface area contributed by atoms with Crippen LogP contribution < -0.4 is 0 Å². The molecule has 0 heterocycles. The van der Waals surface area contributed by atoms with Crippen LogP contribution in [0.25, 0.3) is 0 Å². The average Bonchev–Trinajstić information content (AvgIpc) is 2.39. The number of aliphatic hydroxyl groups is 1. The van der Waals surface area contributed by atoms with Crippen molar-refractivity contribution in [1.82, 2.24) is 0 Å². The molecular weight excluding hydrogens is 323 g/mol. The lowest BCUT2D eigenvalue weighted by molar-refractivity contribution is 0.00445. The standard InChI is InChI=1S/C15H21IO/c1-11-8-14(2,3)10-15(11,17)9-12-4-6-13(16)7-5-12/h4-7,11,17H,8-10H2,1-3H3. The van der Waals surface area contributed by atoms with Gasteiger partial charge >= 0.3 is 0 Å². The highest BCUT2D eigenvalue weighted by atomic mass is 127. The Balaban J connectivity index is 2.15. The van der Waals surface area contributed by atoms with Crippen molar-refractivity contribution < 1.29 is 5.11 Å². The second-order valence-electron chi connectivity index (χ2n) is 6.35. The van der Waals surface area contributed by atoms with Gasteiger partial charge in [0.1, 0.15) is 0 Å². The maximum absolute atomic E-state index is 10.8. The lowest BCUT2D eigenvalue weighted by Crippen LogP contribution is -2.34. The second kappa shape index (κ2) is 4.54. The van der Waals surface area contributed by atoms with Gasteiger partial charge in [-0.3, -0.25) is 0 Å². The van der Waals surface area contributed by atoms with E-state index in [2.05, 4.69) is 67.6 Å². The molecule has 2 atom stereocenters. The summed E-state index contributed by atoms with van der Waals surface area (Å²) in [6.45, 7) is 6.70. The molecule has 0 bridgehead atoms. The maximum Gasteiger partial charge on any atom is 0.0718 e. The van der Waals surface area contributed by atoms with Crippen molar-refractivity contribution in [1.29, 1.82) is 0 Å². The van der Waals surface area contributed by atoms with Gasteiger partial charge in [0.05, 0.1) is 5.60 Å². The monoisotopic (exact) mass is 344 g/mol. The Labute approximate surface area is 118 Å². The van der Waals surface area contributed by atoms with Crippen molar-refractivity contribution in [2.45, 2.75) is 45.6 Å². The third-order valence-corrected chi connectivity index (χ3v) is 4.70. The summed E-state index contributed by atoms with van der Waals surface area (Å²) in [5, 5.41) is 10.8. The minimum atomic E-state index is -0.518. The van der Waals surface area contributed by atoms with Gasteiger partial charge < -0.3 is 5.11 Å². The van der Waals surface area contributed by atoms with Crippen LogP contribution in [0.15, 0.2) is 24.3 Å². The molecule has 0 aliphatic heterocycles. The Morgan fingerprint density at radius 1 is 1.29 bits per heavy atom. The van der Waals surface area contributed by atoms with Gasteiger partial charge in [-0.15, -0.1) is 0 Å². The predicted octanol–water partition coefficient (Wildman–Crippen LogP) is 4.02. The quantitative estimate of drug-likeness (QED) is 0.804. The van der Waals surface area contributed by atoms with Crippen molar-refractivity contribution in [3.63, 3.8) is 0 Å². The van der Waals surface area contributed by atoms with Crippen LogP contribution in [0.1, 0.15) is 39.2 Å². The third kappa shape index (κ3) is 3.02. The van der Waals surface area contributed by atoms with E-state index in [0.717, 1.165) is 19.3 Å². The van der Waals surface area contributed by atoms with E-state index in [9.17, 15) is 5.11 Å². The first-order valence-corrected chi connectivity index (χ1v) is 7.35. The van der Waals surface area contributed by atoms with E-state index in [1.54, 1.807) is 0 Å². The van der Waals surface area contributed by atoms with Crippen molar-refractivity contribution in [3.8, 4) is 0 Å². The van der Waals surface area contributed by atoms with Gasteiger partial charge in [-0.05, 0) is 64.5 Å². The summed E-state index contributed by atoms with van der Waals surface area (Å²) in [5.41, 5.74) is 1.01. The number of rotatable bonds is 2. The molecule has 1 N–H and O–H groups in total. The molecule has 2 unspecified atom stereocenters. The number of hydrogen-bond donors (Lipinski definition) is 1. The molecule has 0 saturated heterocycles. The molecule has 2 heteroatoms. The topological polar surface area (TPSA) is 20.2 Å². The fourth-order valence-electron chi connectivity index (χ4n) is 3.29. The first kappa shape index (κ1) is 13.3. The molecule has 1 aromatic carbocycles. The average molecular weight is 344 g/mol. The molecule has 94 valence electrons. The van der Waals surface area contributed by atoms with E-state index in [0.29, 0.717) is 5.92 Å². The molecule has 1 saturated carbocycles. The van der Waals surface area contributed by atoms with Crippen LogP contribution in [0, 0.1) is 14.9 Å². The zero-order valence-electron chi connectivity index (χ0n) is 10.8. The molecule has 17 heavy (non-hydrogen) atoms. The number of hydrogen-bond acceptors (Lipinski definition) is 1. The summed E-state index contributed by atoms with van der Waals surface area (Å²) in [6, 6.07) is 8.50. The molecule has 0 radical (unpaired) electrons. The molecule has 0 aromatic heterocycles. The Hall–Kier alpha value is -0.0900. The Morgan fingerprint density at radius 3 is 2.35 bits per heavy atom. The minimum absolute atomic E-state index is 0.275. The summed E-state index contributed by atoms with van der Waals surface area (Å²) in [5.74, 6) is 0.386. The van der Waals surface area contributed by atoms with E-state index >= 15 is 0 Å². The molecule has 1 aliphatic carbocycles. The van der Waals surface area contributed by atoms with Crippen LogP contribution in [-0.4, -0.2) is 10.7 Å². The SMILES string of the molecule is CC1CC(C)(C)CC1(O)Cc1ccc(I)cc1. The fourth-order valence-corrected chi connectivity index (χ4v) is 3.65. The minimum Gasteiger partial charge on any atom is -0.389 e. The first-order valence-electron chi connectivity index (χ1n) is 6.28. The largest absolute Gasteiger partial charge is 0.389 e. The zero-order valence-corrected chi connectivity index (χ0v) is 13.0. The van der Waals surface area contributed by atoms with Crippen molar-refractivity contribution >= 4 is 22.6 Å². The molecule has 1 aromatic rings. The number of halogens is 1. The smallest absolute Gasteiger partial charge is 0.0718 e. The molecule has 0 amide bonds. The Bertz CT molecular complexity index is 396. The highest BCUT2D eigenvalue weighted by Crippen LogP contribution is 2.48. The van der Waals surface area contributed by atoms with E-state index in [1.165, 1.54) is 9.13 Å². The van der Waals surface area contributed by atoms with Crippen LogP contribution in [0.3, 0.4) is 0 Å². The van der Waals surface area contributed by atoms with Gasteiger partial charge in [-0.2, -0.15) is 0 Å². The van der Waals surface area contributed by atoms with Crippen LogP contribution in [-0.2, 0) is 6.42 Å². The van der Waals surface area contributed by atoms with Crippen LogP contribution in [0.4, 0.5) is 0 Å². The molecular formula is C15H21IO. The molecule has 2 rings (SSSR count).